The average molecular weight is 312 g/mol. The van der Waals surface area contributed by atoms with Gasteiger partial charge in [-0.3, -0.25) is 0 Å². The standard InChI is InChI=1S/C18H32O4/c1-12(2)14-9-8-13(3)10-17(14)21-11-18(20)22-16-7-5-4-6-15(16)19/h12-17,19H,4-11H2,1-3H3/t13-,14-,15-,16-,17+/m1/s1. The second-order valence-electron chi connectivity index (χ2n) is 7.56. The van der Waals surface area contributed by atoms with Crippen molar-refractivity contribution in [3.63, 3.8) is 0 Å². The van der Waals surface area contributed by atoms with Crippen molar-refractivity contribution in [1.29, 1.82) is 0 Å². The monoisotopic (exact) mass is 312 g/mol. The third-order valence-corrected chi connectivity index (χ3v) is 5.33. The van der Waals surface area contributed by atoms with E-state index in [1.807, 2.05) is 0 Å². The lowest BCUT2D eigenvalue weighted by Gasteiger charge is -2.37. The van der Waals surface area contributed by atoms with Crippen LogP contribution in [-0.2, 0) is 14.3 Å². The molecule has 0 aromatic carbocycles. The summed E-state index contributed by atoms with van der Waals surface area (Å²) in [6.45, 7) is 6.73. The maximum absolute atomic E-state index is 12.0. The number of carbonyl (C=O) groups excluding carboxylic acids is 1. The summed E-state index contributed by atoms with van der Waals surface area (Å²) >= 11 is 0. The molecular weight excluding hydrogens is 280 g/mol. The average Bonchev–Trinajstić information content (AvgIpc) is 2.47. The lowest BCUT2D eigenvalue weighted by Crippen LogP contribution is -2.38. The van der Waals surface area contributed by atoms with Crippen LogP contribution in [0.25, 0.3) is 0 Å². The largest absolute Gasteiger partial charge is 0.458 e. The molecule has 0 saturated heterocycles. The zero-order valence-corrected chi connectivity index (χ0v) is 14.3. The predicted molar refractivity (Wildman–Crippen MR) is 85.4 cm³/mol. The molecule has 0 aromatic rings. The van der Waals surface area contributed by atoms with E-state index >= 15 is 0 Å². The number of hydrogen-bond donors (Lipinski definition) is 1. The number of hydrogen-bond acceptors (Lipinski definition) is 4. The molecule has 22 heavy (non-hydrogen) atoms. The molecule has 2 fully saturated rings. The molecule has 0 bridgehead atoms. The molecule has 4 heteroatoms. The van der Waals surface area contributed by atoms with Gasteiger partial charge in [0.2, 0.25) is 0 Å². The highest BCUT2D eigenvalue weighted by Gasteiger charge is 2.32. The van der Waals surface area contributed by atoms with Gasteiger partial charge in [0.25, 0.3) is 0 Å². The molecular formula is C18H32O4. The molecule has 128 valence electrons. The fourth-order valence-electron chi connectivity index (χ4n) is 3.90. The number of carbonyl (C=O) groups is 1. The first kappa shape index (κ1) is 17.7. The first-order chi connectivity index (χ1) is 10.5. The Kier molecular flexibility index (Phi) is 6.69. The smallest absolute Gasteiger partial charge is 0.332 e. The molecule has 1 N–H and O–H groups in total. The molecule has 4 nitrogen and oxygen atoms in total. The fraction of sp³-hybridized carbons (Fsp3) is 0.944. The molecule has 2 rings (SSSR count). The van der Waals surface area contributed by atoms with Gasteiger partial charge in [0.1, 0.15) is 12.7 Å². The highest BCUT2D eigenvalue weighted by molar-refractivity contribution is 5.71. The van der Waals surface area contributed by atoms with Gasteiger partial charge in [-0.05, 0) is 49.9 Å². The van der Waals surface area contributed by atoms with E-state index < -0.39 is 6.10 Å². The van der Waals surface area contributed by atoms with Crippen molar-refractivity contribution >= 4 is 5.97 Å². The minimum atomic E-state index is -0.504. The summed E-state index contributed by atoms with van der Waals surface area (Å²) in [4.78, 5) is 12.0. The molecule has 0 spiro atoms. The van der Waals surface area contributed by atoms with Gasteiger partial charge >= 0.3 is 5.97 Å². The van der Waals surface area contributed by atoms with Crippen LogP contribution in [0.4, 0.5) is 0 Å². The third kappa shape index (κ3) is 4.95. The van der Waals surface area contributed by atoms with Gasteiger partial charge in [0.05, 0.1) is 12.2 Å². The van der Waals surface area contributed by atoms with Crippen LogP contribution in [0.15, 0.2) is 0 Å². The van der Waals surface area contributed by atoms with Gasteiger partial charge in [-0.15, -0.1) is 0 Å². The molecule has 0 aromatic heterocycles. The lowest BCUT2D eigenvalue weighted by atomic mass is 9.75. The van der Waals surface area contributed by atoms with Gasteiger partial charge in [-0.25, -0.2) is 4.79 Å². The Morgan fingerprint density at radius 1 is 1.14 bits per heavy atom. The maximum Gasteiger partial charge on any atom is 0.332 e. The molecule has 5 atom stereocenters. The van der Waals surface area contributed by atoms with Crippen LogP contribution in [0.1, 0.15) is 65.7 Å². The number of rotatable bonds is 5. The molecule has 0 heterocycles. The van der Waals surface area contributed by atoms with Crippen LogP contribution in [0.5, 0.6) is 0 Å². The summed E-state index contributed by atoms with van der Waals surface area (Å²) in [5.41, 5.74) is 0. The van der Waals surface area contributed by atoms with E-state index in [1.165, 1.54) is 12.8 Å². The zero-order valence-electron chi connectivity index (χ0n) is 14.3. The second kappa shape index (κ2) is 8.30. The third-order valence-electron chi connectivity index (χ3n) is 5.33. The Bertz CT molecular complexity index is 355. The SMILES string of the molecule is CC(C)[C@H]1CC[C@@H](C)C[C@@H]1OCC(=O)O[C@@H]1CCCC[C@H]1O. The predicted octanol–water partition coefficient (Wildman–Crippen LogP) is 3.31. The highest BCUT2D eigenvalue weighted by atomic mass is 16.6. The second-order valence-corrected chi connectivity index (χ2v) is 7.56. The minimum absolute atomic E-state index is 0.0177. The van der Waals surface area contributed by atoms with E-state index in [0.29, 0.717) is 17.8 Å². The van der Waals surface area contributed by atoms with Gasteiger partial charge < -0.3 is 14.6 Å². The number of aliphatic hydroxyl groups excluding tert-OH is 1. The Labute approximate surface area is 134 Å². The van der Waals surface area contributed by atoms with E-state index in [2.05, 4.69) is 20.8 Å². The van der Waals surface area contributed by atoms with Crippen molar-refractivity contribution in [3.8, 4) is 0 Å². The quantitative estimate of drug-likeness (QED) is 0.791. The first-order valence-electron chi connectivity index (χ1n) is 8.96. The highest BCUT2D eigenvalue weighted by Crippen LogP contribution is 2.35. The summed E-state index contributed by atoms with van der Waals surface area (Å²) in [5, 5.41) is 9.87. The summed E-state index contributed by atoms with van der Waals surface area (Å²) in [5.74, 6) is 1.45. The van der Waals surface area contributed by atoms with Crippen LogP contribution >= 0.6 is 0 Å². The van der Waals surface area contributed by atoms with Gasteiger partial charge in [-0.2, -0.15) is 0 Å². The number of aliphatic hydroxyl groups is 1. The van der Waals surface area contributed by atoms with Crippen molar-refractivity contribution in [3.05, 3.63) is 0 Å². The number of esters is 1. The van der Waals surface area contributed by atoms with E-state index in [-0.39, 0.29) is 24.8 Å². The minimum Gasteiger partial charge on any atom is -0.458 e. The Hall–Kier alpha value is -0.610. The van der Waals surface area contributed by atoms with Gasteiger partial charge in [-0.1, -0.05) is 33.6 Å². The Morgan fingerprint density at radius 3 is 2.55 bits per heavy atom. The Morgan fingerprint density at radius 2 is 1.86 bits per heavy atom. The number of ether oxygens (including phenoxy) is 2. The van der Waals surface area contributed by atoms with Gasteiger partial charge in [0, 0.05) is 0 Å². The van der Waals surface area contributed by atoms with E-state index in [1.54, 1.807) is 0 Å². The first-order valence-corrected chi connectivity index (χ1v) is 8.96. The topological polar surface area (TPSA) is 55.8 Å². The summed E-state index contributed by atoms with van der Waals surface area (Å²) < 4.78 is 11.3. The molecule has 0 aliphatic heterocycles. The van der Waals surface area contributed by atoms with Crippen molar-refractivity contribution in [2.24, 2.45) is 17.8 Å². The van der Waals surface area contributed by atoms with Crippen LogP contribution < -0.4 is 0 Å². The van der Waals surface area contributed by atoms with E-state index in [0.717, 1.165) is 32.1 Å². The molecule has 2 aliphatic rings. The van der Waals surface area contributed by atoms with Crippen LogP contribution in [0, 0.1) is 17.8 Å². The molecule has 2 saturated carbocycles. The van der Waals surface area contributed by atoms with Crippen LogP contribution in [0.2, 0.25) is 0 Å². The lowest BCUT2D eigenvalue weighted by molar-refractivity contribution is -0.167. The Balaban J connectivity index is 1.78. The normalized spacial score (nSPS) is 36.3. The summed E-state index contributed by atoms with van der Waals surface area (Å²) in [7, 11) is 0. The fourth-order valence-corrected chi connectivity index (χ4v) is 3.90. The van der Waals surface area contributed by atoms with Crippen LogP contribution in [0.3, 0.4) is 0 Å². The summed E-state index contributed by atoms with van der Waals surface area (Å²) in [6, 6.07) is 0. The molecule has 0 unspecified atom stereocenters. The molecule has 2 aliphatic carbocycles. The summed E-state index contributed by atoms with van der Waals surface area (Å²) in [6.07, 6.45) is 6.31. The maximum atomic E-state index is 12.0. The zero-order chi connectivity index (χ0) is 16.1. The van der Waals surface area contributed by atoms with Crippen molar-refractivity contribution in [2.75, 3.05) is 6.61 Å². The van der Waals surface area contributed by atoms with Crippen molar-refractivity contribution < 1.29 is 19.4 Å². The van der Waals surface area contributed by atoms with E-state index in [4.69, 9.17) is 9.47 Å². The van der Waals surface area contributed by atoms with Gasteiger partial charge in [0.15, 0.2) is 0 Å². The van der Waals surface area contributed by atoms with Crippen LogP contribution in [-0.4, -0.2) is 36.0 Å². The van der Waals surface area contributed by atoms with Crippen molar-refractivity contribution in [1.82, 2.24) is 0 Å². The molecule has 0 radical (unpaired) electrons. The van der Waals surface area contributed by atoms with E-state index in [9.17, 15) is 9.90 Å². The van der Waals surface area contributed by atoms with Crippen molar-refractivity contribution in [2.45, 2.75) is 84.0 Å². The molecule has 0 amide bonds.